The Morgan fingerprint density at radius 1 is 1.20 bits per heavy atom. The normalized spacial score (nSPS) is 20.2. The van der Waals surface area contributed by atoms with Crippen LogP contribution in [0.3, 0.4) is 0 Å². The quantitative estimate of drug-likeness (QED) is 0.290. The first-order valence-electron chi connectivity index (χ1n) is 12.8. The highest BCUT2D eigenvalue weighted by Gasteiger charge is 2.48. The van der Waals surface area contributed by atoms with E-state index in [1.165, 1.54) is 18.2 Å². The van der Waals surface area contributed by atoms with Gasteiger partial charge in [0.05, 0.1) is 50.9 Å². The number of aromatic nitrogens is 2. The number of nitrogens with one attached hydrogen (secondary N) is 1. The average Bonchev–Trinajstić information content (AvgIpc) is 3.28. The molecule has 0 radical (unpaired) electrons. The molecule has 11 heteroatoms. The largest absolute Gasteiger partial charge is 0.478 e. The molecular formula is C29H25Cl2FN4O4. The summed E-state index contributed by atoms with van der Waals surface area (Å²) in [5.74, 6) is -2.70. The van der Waals surface area contributed by atoms with Crippen molar-refractivity contribution in [3.05, 3.63) is 81.6 Å². The molecule has 2 aliphatic rings. The van der Waals surface area contributed by atoms with Gasteiger partial charge in [-0.15, -0.1) is 0 Å². The Hall–Kier alpha value is -3.82. The molecule has 0 bridgehead atoms. The fraction of sp³-hybridized carbons (Fsp3) is 0.276. The second-order valence-electron chi connectivity index (χ2n) is 10.5. The smallest absolute Gasteiger partial charge is 0.335 e. The fourth-order valence-corrected chi connectivity index (χ4v) is 6.09. The van der Waals surface area contributed by atoms with Gasteiger partial charge in [0.15, 0.2) is 0 Å². The average molecular weight is 583 g/mol. The highest BCUT2D eigenvalue weighted by molar-refractivity contribution is 6.31. The molecule has 2 aliphatic heterocycles. The molecule has 0 aliphatic carbocycles. The van der Waals surface area contributed by atoms with Crippen molar-refractivity contribution in [3.63, 3.8) is 0 Å². The van der Waals surface area contributed by atoms with E-state index in [0.717, 1.165) is 5.69 Å². The van der Waals surface area contributed by atoms with E-state index in [-0.39, 0.29) is 28.7 Å². The van der Waals surface area contributed by atoms with Crippen LogP contribution < -0.4 is 15.0 Å². The van der Waals surface area contributed by atoms with Gasteiger partial charge in [0.25, 0.3) is 0 Å². The topological polar surface area (TPSA) is 96.7 Å². The Bertz CT molecular complexity index is 1670. The number of carboxylic acids is 1. The summed E-state index contributed by atoms with van der Waals surface area (Å²) in [5.41, 5.74) is 1.84. The molecule has 6 rings (SSSR count). The predicted octanol–water partition coefficient (Wildman–Crippen LogP) is 6.38. The van der Waals surface area contributed by atoms with E-state index < -0.39 is 35.7 Å². The van der Waals surface area contributed by atoms with Crippen LogP contribution in [0.15, 0.2) is 54.6 Å². The highest BCUT2D eigenvalue weighted by Crippen LogP contribution is 2.47. The summed E-state index contributed by atoms with van der Waals surface area (Å²) in [5, 5.41) is 18.2. The molecule has 2 N–H and O–H groups in total. The zero-order valence-corrected chi connectivity index (χ0v) is 23.1. The molecule has 0 saturated heterocycles. The Kier molecular flexibility index (Phi) is 6.59. The lowest BCUT2D eigenvalue weighted by atomic mass is 9.83. The first kappa shape index (κ1) is 26.4. The number of halogens is 3. The minimum Gasteiger partial charge on any atom is -0.478 e. The molecule has 1 amide bonds. The summed E-state index contributed by atoms with van der Waals surface area (Å²) in [6.07, 6.45) is 0. The molecule has 206 valence electrons. The number of carbonyl (C=O) groups excluding carboxylic acids is 1. The van der Waals surface area contributed by atoms with Gasteiger partial charge in [0.2, 0.25) is 11.8 Å². The van der Waals surface area contributed by atoms with Gasteiger partial charge in [-0.05, 0) is 48.4 Å². The van der Waals surface area contributed by atoms with Crippen LogP contribution in [0.2, 0.25) is 10.0 Å². The molecule has 0 saturated carbocycles. The van der Waals surface area contributed by atoms with Crippen LogP contribution in [0.1, 0.15) is 41.7 Å². The van der Waals surface area contributed by atoms with Gasteiger partial charge < -0.3 is 20.1 Å². The number of fused-ring (bicyclic) bond motifs is 6. The number of amides is 1. The van der Waals surface area contributed by atoms with Gasteiger partial charge >= 0.3 is 5.97 Å². The summed E-state index contributed by atoms with van der Waals surface area (Å²) in [4.78, 5) is 27.9. The molecule has 3 aromatic carbocycles. The third-order valence-electron chi connectivity index (χ3n) is 7.39. The van der Waals surface area contributed by atoms with Crippen molar-refractivity contribution in [1.29, 1.82) is 0 Å². The number of benzene rings is 3. The number of carboxylic acid groups (broad SMARTS) is 1. The van der Waals surface area contributed by atoms with Crippen molar-refractivity contribution in [2.45, 2.75) is 31.8 Å². The van der Waals surface area contributed by atoms with E-state index in [0.29, 0.717) is 34.0 Å². The Morgan fingerprint density at radius 3 is 2.75 bits per heavy atom. The van der Waals surface area contributed by atoms with Crippen LogP contribution in [0.4, 0.5) is 15.8 Å². The summed E-state index contributed by atoms with van der Waals surface area (Å²) in [7, 11) is 0. The van der Waals surface area contributed by atoms with Crippen molar-refractivity contribution < 1.29 is 23.8 Å². The SMILES string of the molecule is CC(C)CN1c2ccc(Cl)cc2NC(=O)[C@H](c2cccc(Cl)c2F)[C@@H]2[C@H]1COc1c3ccc(C(=O)O)cc3nn12. The maximum Gasteiger partial charge on any atom is 0.335 e. The Morgan fingerprint density at radius 2 is 2.00 bits per heavy atom. The number of aromatic carboxylic acids is 1. The monoisotopic (exact) mass is 582 g/mol. The number of rotatable bonds is 4. The predicted molar refractivity (Wildman–Crippen MR) is 151 cm³/mol. The van der Waals surface area contributed by atoms with E-state index in [1.807, 2.05) is 6.07 Å². The van der Waals surface area contributed by atoms with Gasteiger partial charge in [-0.3, -0.25) is 4.79 Å². The summed E-state index contributed by atoms with van der Waals surface area (Å²) >= 11 is 12.5. The first-order chi connectivity index (χ1) is 19.1. The van der Waals surface area contributed by atoms with Crippen LogP contribution in [-0.4, -0.2) is 46.0 Å². The number of nitrogens with zero attached hydrogens (tertiary/aromatic N) is 3. The van der Waals surface area contributed by atoms with E-state index in [4.69, 9.17) is 33.0 Å². The van der Waals surface area contributed by atoms with E-state index in [2.05, 4.69) is 24.1 Å². The number of hydrogen-bond donors (Lipinski definition) is 2. The summed E-state index contributed by atoms with van der Waals surface area (Å²) in [6, 6.07) is 13.3. The molecule has 0 fully saturated rings. The van der Waals surface area contributed by atoms with E-state index in [1.54, 1.807) is 35.0 Å². The lowest BCUT2D eigenvalue weighted by molar-refractivity contribution is -0.119. The lowest BCUT2D eigenvalue weighted by Gasteiger charge is -2.46. The second kappa shape index (κ2) is 9.98. The summed E-state index contributed by atoms with van der Waals surface area (Å²) in [6.45, 7) is 4.94. The maximum absolute atomic E-state index is 15.7. The van der Waals surface area contributed by atoms with Gasteiger partial charge in [-0.25, -0.2) is 13.9 Å². The van der Waals surface area contributed by atoms with Crippen molar-refractivity contribution in [3.8, 4) is 5.88 Å². The van der Waals surface area contributed by atoms with Crippen molar-refractivity contribution >= 4 is 57.4 Å². The van der Waals surface area contributed by atoms with E-state index >= 15 is 4.39 Å². The molecule has 3 heterocycles. The minimum absolute atomic E-state index is 0.0691. The Labute approximate surface area is 239 Å². The third kappa shape index (κ3) is 4.33. The number of hydrogen-bond acceptors (Lipinski definition) is 5. The van der Waals surface area contributed by atoms with Crippen LogP contribution in [0.25, 0.3) is 10.9 Å². The fourth-order valence-electron chi connectivity index (χ4n) is 5.74. The zero-order valence-electron chi connectivity index (χ0n) is 21.6. The third-order valence-corrected chi connectivity index (χ3v) is 7.92. The first-order valence-corrected chi connectivity index (χ1v) is 13.6. The zero-order chi connectivity index (χ0) is 28.3. The molecule has 3 atom stereocenters. The highest BCUT2D eigenvalue weighted by atomic mass is 35.5. The number of carbonyl (C=O) groups is 2. The summed E-state index contributed by atoms with van der Waals surface area (Å²) < 4.78 is 23.6. The van der Waals surface area contributed by atoms with Gasteiger partial charge in [-0.1, -0.05) is 49.2 Å². The molecule has 0 spiro atoms. The second-order valence-corrected chi connectivity index (χ2v) is 11.3. The number of ether oxygens (including phenoxy) is 1. The lowest BCUT2D eigenvalue weighted by Crippen LogP contribution is -2.54. The Balaban J connectivity index is 1.63. The minimum atomic E-state index is -1.09. The maximum atomic E-state index is 15.7. The van der Waals surface area contributed by atoms with Crippen LogP contribution in [0.5, 0.6) is 5.88 Å². The van der Waals surface area contributed by atoms with Crippen molar-refractivity contribution in [1.82, 2.24) is 9.78 Å². The molecule has 8 nitrogen and oxygen atoms in total. The molecule has 40 heavy (non-hydrogen) atoms. The van der Waals surface area contributed by atoms with Gasteiger partial charge in [-0.2, -0.15) is 5.10 Å². The van der Waals surface area contributed by atoms with Crippen molar-refractivity contribution in [2.24, 2.45) is 5.92 Å². The molecular weight excluding hydrogens is 558 g/mol. The van der Waals surface area contributed by atoms with Crippen LogP contribution in [-0.2, 0) is 4.79 Å². The van der Waals surface area contributed by atoms with Crippen LogP contribution in [0, 0.1) is 11.7 Å². The van der Waals surface area contributed by atoms with Gasteiger partial charge in [0.1, 0.15) is 12.4 Å². The van der Waals surface area contributed by atoms with Crippen LogP contribution >= 0.6 is 23.2 Å². The van der Waals surface area contributed by atoms with Crippen molar-refractivity contribution in [2.75, 3.05) is 23.4 Å². The number of anilines is 2. The molecule has 1 aromatic heterocycles. The van der Waals surface area contributed by atoms with E-state index in [9.17, 15) is 14.7 Å². The molecule has 0 unspecified atom stereocenters. The standard InChI is InChI=1S/C29H25Cl2FN4O4/c1-14(2)12-35-22-9-7-16(30)11-21(22)33-27(37)24(18-4-3-5-19(31)25(18)32)26-23(35)13-40-28-17-8-6-15(29(38)39)10-20(17)34-36(26)28/h3-11,14,23-24,26H,12-13H2,1-2H3,(H,33,37)(H,38,39)/t23-,24-,26+/m1/s1. The van der Waals surface area contributed by atoms with Gasteiger partial charge in [0, 0.05) is 17.1 Å². The molecule has 4 aromatic rings.